The molecular weight excluding hydrogens is 252 g/mol. The Morgan fingerprint density at radius 1 is 1.25 bits per heavy atom. The SMILES string of the molecule is CCCC(C)NC(=O)C(C)Nc1ccccc1OCC. The standard InChI is InChI=1S/C16H26N2O2/c1-5-9-12(3)17-16(19)13(4)18-14-10-7-8-11-15(14)20-6-2/h7-8,10-13,18H,5-6,9H2,1-4H3,(H,17,19). The molecule has 0 spiro atoms. The lowest BCUT2D eigenvalue weighted by Gasteiger charge is -2.20. The van der Waals surface area contributed by atoms with Gasteiger partial charge in [0, 0.05) is 6.04 Å². The van der Waals surface area contributed by atoms with Crippen LogP contribution in [-0.2, 0) is 4.79 Å². The van der Waals surface area contributed by atoms with E-state index >= 15 is 0 Å². The van der Waals surface area contributed by atoms with Crippen LogP contribution in [0.1, 0.15) is 40.5 Å². The number of benzene rings is 1. The fraction of sp³-hybridized carbons (Fsp3) is 0.562. The zero-order valence-electron chi connectivity index (χ0n) is 12.9. The second kappa shape index (κ2) is 8.46. The topological polar surface area (TPSA) is 50.4 Å². The molecule has 0 radical (unpaired) electrons. The fourth-order valence-corrected chi connectivity index (χ4v) is 2.04. The van der Waals surface area contributed by atoms with Crippen molar-refractivity contribution in [2.45, 2.75) is 52.6 Å². The first-order chi connectivity index (χ1) is 9.58. The average Bonchev–Trinajstić information content (AvgIpc) is 2.41. The second-order valence-electron chi connectivity index (χ2n) is 4.99. The van der Waals surface area contributed by atoms with E-state index in [1.165, 1.54) is 0 Å². The number of para-hydroxylation sites is 2. The summed E-state index contributed by atoms with van der Waals surface area (Å²) in [5, 5.41) is 6.22. The Morgan fingerprint density at radius 3 is 2.60 bits per heavy atom. The Kier molecular flexibility index (Phi) is 6.91. The van der Waals surface area contributed by atoms with Crippen LogP contribution in [0.5, 0.6) is 5.75 Å². The summed E-state index contributed by atoms with van der Waals surface area (Å²) in [5.74, 6) is 0.786. The van der Waals surface area contributed by atoms with Gasteiger partial charge in [-0.3, -0.25) is 4.79 Å². The molecule has 0 aliphatic carbocycles. The van der Waals surface area contributed by atoms with Crippen molar-refractivity contribution in [2.75, 3.05) is 11.9 Å². The minimum Gasteiger partial charge on any atom is -0.492 e. The third-order valence-electron chi connectivity index (χ3n) is 3.06. The molecule has 4 nitrogen and oxygen atoms in total. The molecule has 2 unspecified atom stereocenters. The van der Waals surface area contributed by atoms with E-state index in [4.69, 9.17) is 4.74 Å². The minimum absolute atomic E-state index is 0.0113. The smallest absolute Gasteiger partial charge is 0.242 e. The summed E-state index contributed by atoms with van der Waals surface area (Å²) in [6.07, 6.45) is 2.06. The number of hydrogen-bond donors (Lipinski definition) is 2. The first-order valence-corrected chi connectivity index (χ1v) is 7.37. The van der Waals surface area contributed by atoms with Crippen LogP contribution in [0.4, 0.5) is 5.69 Å². The van der Waals surface area contributed by atoms with Crippen molar-refractivity contribution >= 4 is 11.6 Å². The van der Waals surface area contributed by atoms with Crippen LogP contribution in [0, 0.1) is 0 Å². The predicted molar refractivity (Wildman–Crippen MR) is 83.2 cm³/mol. The monoisotopic (exact) mass is 278 g/mol. The number of nitrogens with one attached hydrogen (secondary N) is 2. The fourth-order valence-electron chi connectivity index (χ4n) is 2.04. The van der Waals surface area contributed by atoms with Crippen LogP contribution in [-0.4, -0.2) is 24.6 Å². The maximum absolute atomic E-state index is 12.1. The highest BCUT2D eigenvalue weighted by Crippen LogP contribution is 2.24. The first-order valence-electron chi connectivity index (χ1n) is 7.37. The third-order valence-corrected chi connectivity index (χ3v) is 3.06. The van der Waals surface area contributed by atoms with Gasteiger partial charge < -0.3 is 15.4 Å². The molecule has 0 saturated carbocycles. The van der Waals surface area contributed by atoms with Crippen LogP contribution >= 0.6 is 0 Å². The molecule has 0 heterocycles. The van der Waals surface area contributed by atoms with E-state index in [0.717, 1.165) is 24.3 Å². The van der Waals surface area contributed by atoms with Gasteiger partial charge in [0.1, 0.15) is 11.8 Å². The molecule has 0 bridgehead atoms. The van der Waals surface area contributed by atoms with Gasteiger partial charge in [-0.25, -0.2) is 0 Å². The lowest BCUT2D eigenvalue weighted by atomic mass is 10.2. The zero-order valence-corrected chi connectivity index (χ0v) is 12.9. The van der Waals surface area contributed by atoms with E-state index in [0.29, 0.717) is 6.61 Å². The number of rotatable bonds is 8. The van der Waals surface area contributed by atoms with Crippen LogP contribution in [0.15, 0.2) is 24.3 Å². The molecule has 2 N–H and O–H groups in total. The highest BCUT2D eigenvalue weighted by Gasteiger charge is 2.16. The van der Waals surface area contributed by atoms with E-state index in [-0.39, 0.29) is 18.0 Å². The Balaban J connectivity index is 2.61. The molecule has 4 heteroatoms. The van der Waals surface area contributed by atoms with Crippen molar-refractivity contribution in [1.29, 1.82) is 0 Å². The molecule has 1 amide bonds. The number of carbonyl (C=O) groups excluding carboxylic acids is 1. The number of hydrogen-bond acceptors (Lipinski definition) is 3. The zero-order chi connectivity index (χ0) is 15.0. The number of amides is 1. The number of anilines is 1. The van der Waals surface area contributed by atoms with E-state index in [1.807, 2.05) is 45.0 Å². The molecule has 2 atom stereocenters. The van der Waals surface area contributed by atoms with Gasteiger partial charge in [0.05, 0.1) is 12.3 Å². The summed E-state index contributed by atoms with van der Waals surface area (Å²) in [5.41, 5.74) is 0.847. The largest absolute Gasteiger partial charge is 0.492 e. The highest BCUT2D eigenvalue weighted by molar-refractivity contribution is 5.84. The van der Waals surface area contributed by atoms with Gasteiger partial charge in [0.25, 0.3) is 0 Å². The van der Waals surface area contributed by atoms with Gasteiger partial charge in [-0.05, 0) is 39.3 Å². The van der Waals surface area contributed by atoms with Crippen LogP contribution in [0.2, 0.25) is 0 Å². The summed E-state index contributed by atoms with van der Waals surface area (Å²) in [6, 6.07) is 7.58. The molecule has 0 aliphatic heterocycles. The molecule has 0 saturated heterocycles. The lowest BCUT2D eigenvalue weighted by Crippen LogP contribution is -2.42. The number of ether oxygens (including phenoxy) is 1. The molecule has 1 rings (SSSR count). The quantitative estimate of drug-likeness (QED) is 0.768. The van der Waals surface area contributed by atoms with Crippen molar-refractivity contribution in [3.8, 4) is 5.75 Å². The van der Waals surface area contributed by atoms with Gasteiger partial charge >= 0.3 is 0 Å². The van der Waals surface area contributed by atoms with Gasteiger partial charge in [-0.2, -0.15) is 0 Å². The van der Waals surface area contributed by atoms with E-state index in [1.54, 1.807) is 0 Å². The molecule has 0 aromatic heterocycles. The van der Waals surface area contributed by atoms with E-state index in [9.17, 15) is 4.79 Å². The second-order valence-corrected chi connectivity index (χ2v) is 4.99. The molecule has 1 aromatic carbocycles. The minimum atomic E-state index is -0.295. The molecule has 1 aromatic rings. The van der Waals surface area contributed by atoms with E-state index < -0.39 is 0 Å². The highest BCUT2D eigenvalue weighted by atomic mass is 16.5. The van der Waals surface area contributed by atoms with Crippen molar-refractivity contribution in [2.24, 2.45) is 0 Å². The van der Waals surface area contributed by atoms with Crippen LogP contribution in [0.3, 0.4) is 0 Å². The van der Waals surface area contributed by atoms with Crippen LogP contribution < -0.4 is 15.4 Å². The Morgan fingerprint density at radius 2 is 1.95 bits per heavy atom. The maximum Gasteiger partial charge on any atom is 0.242 e. The normalized spacial score (nSPS) is 13.4. The molecule has 20 heavy (non-hydrogen) atoms. The summed E-state index contributed by atoms with van der Waals surface area (Å²) in [7, 11) is 0. The summed E-state index contributed by atoms with van der Waals surface area (Å²) < 4.78 is 5.54. The van der Waals surface area contributed by atoms with E-state index in [2.05, 4.69) is 17.6 Å². The Hall–Kier alpha value is -1.71. The van der Waals surface area contributed by atoms with Crippen molar-refractivity contribution in [3.05, 3.63) is 24.3 Å². The van der Waals surface area contributed by atoms with Gasteiger partial charge in [-0.1, -0.05) is 25.5 Å². The summed E-state index contributed by atoms with van der Waals surface area (Å²) >= 11 is 0. The van der Waals surface area contributed by atoms with Gasteiger partial charge in [0.15, 0.2) is 0 Å². The van der Waals surface area contributed by atoms with Gasteiger partial charge in [0.2, 0.25) is 5.91 Å². The Labute approximate surface area is 121 Å². The van der Waals surface area contributed by atoms with Crippen molar-refractivity contribution < 1.29 is 9.53 Å². The Bertz CT molecular complexity index is 421. The summed E-state index contributed by atoms with van der Waals surface area (Å²) in [4.78, 5) is 12.1. The lowest BCUT2D eigenvalue weighted by molar-refractivity contribution is -0.122. The number of carbonyl (C=O) groups is 1. The maximum atomic E-state index is 12.1. The third kappa shape index (κ3) is 5.11. The van der Waals surface area contributed by atoms with Crippen molar-refractivity contribution in [3.63, 3.8) is 0 Å². The predicted octanol–water partition coefficient (Wildman–Crippen LogP) is 3.19. The summed E-state index contributed by atoms with van der Waals surface area (Å²) in [6.45, 7) is 8.55. The first kappa shape index (κ1) is 16.3. The molecular formula is C16H26N2O2. The molecule has 0 fully saturated rings. The van der Waals surface area contributed by atoms with Crippen LogP contribution in [0.25, 0.3) is 0 Å². The van der Waals surface area contributed by atoms with Gasteiger partial charge in [-0.15, -0.1) is 0 Å². The molecule has 0 aliphatic rings. The van der Waals surface area contributed by atoms with Crippen molar-refractivity contribution in [1.82, 2.24) is 5.32 Å². The average molecular weight is 278 g/mol. The molecule has 112 valence electrons.